The zero-order valence-electron chi connectivity index (χ0n) is 13.2. The summed E-state index contributed by atoms with van der Waals surface area (Å²) in [5.41, 5.74) is 1.88. The Balaban J connectivity index is 3.12. The van der Waals surface area contributed by atoms with E-state index in [2.05, 4.69) is 43.6 Å². The molecule has 1 rings (SSSR count). The maximum absolute atomic E-state index is 12.9. The van der Waals surface area contributed by atoms with Crippen molar-refractivity contribution in [2.45, 2.75) is 53.5 Å². The molecule has 0 atom stereocenters. The van der Waals surface area contributed by atoms with Gasteiger partial charge >= 0.3 is 0 Å². The molecule has 0 saturated carbocycles. The molecule has 112 valence electrons. The van der Waals surface area contributed by atoms with Crippen LogP contribution < -0.4 is 0 Å². The Bertz CT molecular complexity index is 452. The van der Waals surface area contributed by atoms with Crippen LogP contribution in [0.3, 0.4) is 0 Å². The first-order chi connectivity index (χ1) is 9.42. The predicted octanol–water partition coefficient (Wildman–Crippen LogP) is 5.04. The molecule has 0 heterocycles. The second-order valence-electron chi connectivity index (χ2n) is 5.76. The highest BCUT2D eigenvalue weighted by Crippen LogP contribution is 2.24. The second kappa shape index (κ2) is 7.82. The molecule has 1 aromatic carbocycles. The van der Waals surface area contributed by atoms with E-state index in [4.69, 9.17) is 0 Å². The summed E-state index contributed by atoms with van der Waals surface area (Å²) in [5.74, 6) is 0.617. The minimum Gasteiger partial charge on any atom is -0.335 e. The number of carbonyl (C=O) groups is 1. The van der Waals surface area contributed by atoms with Crippen LogP contribution in [0.4, 0.5) is 0 Å². The van der Waals surface area contributed by atoms with E-state index in [0.29, 0.717) is 12.0 Å². The normalized spacial score (nSPS) is 11.2. The van der Waals surface area contributed by atoms with Crippen molar-refractivity contribution in [3.63, 3.8) is 0 Å². The van der Waals surface area contributed by atoms with Gasteiger partial charge < -0.3 is 4.90 Å². The molecule has 1 aromatic rings. The summed E-state index contributed by atoms with van der Waals surface area (Å²) < 4.78 is 0.921. The van der Waals surface area contributed by atoms with E-state index in [9.17, 15) is 4.79 Å². The van der Waals surface area contributed by atoms with Gasteiger partial charge in [0, 0.05) is 17.1 Å². The van der Waals surface area contributed by atoms with Gasteiger partial charge in [0.2, 0.25) is 0 Å². The number of hydrogen-bond donors (Lipinski definition) is 0. The van der Waals surface area contributed by atoms with Gasteiger partial charge in [-0.2, -0.15) is 0 Å². The molecule has 2 nitrogen and oxygen atoms in total. The summed E-state index contributed by atoms with van der Waals surface area (Å²) in [6, 6.07) is 6.20. The topological polar surface area (TPSA) is 20.3 Å². The smallest absolute Gasteiger partial charge is 0.255 e. The average Bonchev–Trinajstić information content (AvgIpc) is 2.41. The van der Waals surface area contributed by atoms with Gasteiger partial charge in [0.1, 0.15) is 0 Å². The van der Waals surface area contributed by atoms with E-state index < -0.39 is 0 Å². The number of amides is 1. The maximum atomic E-state index is 12.9. The van der Waals surface area contributed by atoms with Gasteiger partial charge in [0.15, 0.2) is 0 Å². The standard InChI is InChI=1S/C17H26BrNO/c1-6-14(7-2)19(11-12(3)4)17(20)15-10-8-9-13(5)16(15)18/h8-10,12,14H,6-7,11H2,1-5H3. The molecule has 0 radical (unpaired) electrons. The molecular formula is C17H26BrNO. The lowest BCUT2D eigenvalue weighted by Gasteiger charge is -2.32. The van der Waals surface area contributed by atoms with E-state index in [1.165, 1.54) is 0 Å². The molecule has 3 heteroatoms. The van der Waals surface area contributed by atoms with E-state index in [-0.39, 0.29) is 5.91 Å². The Morgan fingerprint density at radius 1 is 1.25 bits per heavy atom. The van der Waals surface area contributed by atoms with Crippen LogP contribution in [0, 0.1) is 12.8 Å². The van der Waals surface area contributed by atoms with Crippen LogP contribution in [0.25, 0.3) is 0 Å². The van der Waals surface area contributed by atoms with Crippen molar-refractivity contribution in [1.82, 2.24) is 4.90 Å². The van der Waals surface area contributed by atoms with Crippen molar-refractivity contribution in [3.8, 4) is 0 Å². The zero-order valence-corrected chi connectivity index (χ0v) is 14.8. The van der Waals surface area contributed by atoms with Crippen molar-refractivity contribution in [2.75, 3.05) is 6.54 Å². The van der Waals surface area contributed by atoms with Crippen molar-refractivity contribution >= 4 is 21.8 Å². The molecule has 0 aliphatic carbocycles. The Kier molecular flexibility index (Phi) is 6.74. The summed E-state index contributed by atoms with van der Waals surface area (Å²) >= 11 is 3.56. The highest BCUT2D eigenvalue weighted by molar-refractivity contribution is 9.10. The second-order valence-corrected chi connectivity index (χ2v) is 6.55. The van der Waals surface area contributed by atoms with Crippen molar-refractivity contribution in [3.05, 3.63) is 33.8 Å². The lowest BCUT2D eigenvalue weighted by molar-refractivity contribution is 0.0639. The van der Waals surface area contributed by atoms with Crippen LogP contribution in [-0.4, -0.2) is 23.4 Å². The molecule has 20 heavy (non-hydrogen) atoms. The van der Waals surface area contributed by atoms with Crippen LogP contribution >= 0.6 is 15.9 Å². The maximum Gasteiger partial charge on any atom is 0.255 e. The average molecular weight is 340 g/mol. The molecule has 0 fully saturated rings. The van der Waals surface area contributed by atoms with Crippen LogP contribution in [0.2, 0.25) is 0 Å². The minimum atomic E-state index is 0.142. The number of carbonyl (C=O) groups excluding carboxylic acids is 1. The first kappa shape index (κ1) is 17.2. The van der Waals surface area contributed by atoms with Crippen molar-refractivity contribution in [1.29, 1.82) is 0 Å². The number of nitrogens with zero attached hydrogens (tertiary/aromatic N) is 1. The Morgan fingerprint density at radius 2 is 1.85 bits per heavy atom. The summed E-state index contributed by atoms with van der Waals surface area (Å²) in [6.45, 7) is 11.5. The van der Waals surface area contributed by atoms with Gasteiger partial charge in [-0.3, -0.25) is 4.79 Å². The van der Waals surface area contributed by atoms with Crippen LogP contribution in [0.5, 0.6) is 0 Å². The molecule has 0 aromatic heterocycles. The first-order valence-electron chi connectivity index (χ1n) is 7.48. The third-order valence-corrected chi connectivity index (χ3v) is 4.68. The highest BCUT2D eigenvalue weighted by atomic mass is 79.9. The number of benzene rings is 1. The highest BCUT2D eigenvalue weighted by Gasteiger charge is 2.24. The van der Waals surface area contributed by atoms with Crippen LogP contribution in [0.1, 0.15) is 56.5 Å². The van der Waals surface area contributed by atoms with Gasteiger partial charge in [0.05, 0.1) is 5.56 Å². The zero-order chi connectivity index (χ0) is 15.3. The molecule has 0 N–H and O–H groups in total. The summed E-state index contributed by atoms with van der Waals surface area (Å²) in [6.07, 6.45) is 2.00. The minimum absolute atomic E-state index is 0.142. The third-order valence-electron chi connectivity index (χ3n) is 3.63. The van der Waals surface area contributed by atoms with E-state index in [0.717, 1.165) is 35.0 Å². The van der Waals surface area contributed by atoms with Gasteiger partial charge in [-0.25, -0.2) is 0 Å². The Morgan fingerprint density at radius 3 is 2.35 bits per heavy atom. The SMILES string of the molecule is CCC(CC)N(CC(C)C)C(=O)c1cccc(C)c1Br. The Hall–Kier alpha value is -0.830. The molecule has 0 spiro atoms. The number of aryl methyl sites for hydroxylation is 1. The molecule has 0 bridgehead atoms. The van der Waals surface area contributed by atoms with E-state index in [1.54, 1.807) is 0 Å². The fourth-order valence-electron chi connectivity index (χ4n) is 2.49. The third kappa shape index (κ3) is 4.08. The van der Waals surface area contributed by atoms with Gasteiger partial charge in [0.25, 0.3) is 5.91 Å². The molecule has 0 aliphatic rings. The number of rotatable bonds is 6. The summed E-state index contributed by atoms with van der Waals surface area (Å²) in [4.78, 5) is 15.0. The monoisotopic (exact) mass is 339 g/mol. The molecule has 0 unspecified atom stereocenters. The lowest BCUT2D eigenvalue weighted by Crippen LogP contribution is -2.42. The molecule has 1 amide bonds. The first-order valence-corrected chi connectivity index (χ1v) is 8.27. The lowest BCUT2D eigenvalue weighted by atomic mass is 10.0. The summed E-state index contributed by atoms with van der Waals surface area (Å²) in [7, 11) is 0. The van der Waals surface area contributed by atoms with Crippen LogP contribution in [-0.2, 0) is 0 Å². The quantitative estimate of drug-likeness (QED) is 0.710. The largest absolute Gasteiger partial charge is 0.335 e. The molecular weight excluding hydrogens is 314 g/mol. The molecule has 0 saturated heterocycles. The van der Waals surface area contributed by atoms with Crippen molar-refractivity contribution < 1.29 is 4.79 Å². The number of hydrogen-bond acceptors (Lipinski definition) is 1. The van der Waals surface area contributed by atoms with Gasteiger partial charge in [-0.15, -0.1) is 0 Å². The summed E-state index contributed by atoms with van der Waals surface area (Å²) in [5, 5.41) is 0. The van der Waals surface area contributed by atoms with Crippen molar-refractivity contribution in [2.24, 2.45) is 5.92 Å². The predicted molar refractivity (Wildman–Crippen MR) is 89.1 cm³/mol. The fourth-order valence-corrected chi connectivity index (χ4v) is 2.92. The van der Waals surface area contributed by atoms with Crippen LogP contribution in [0.15, 0.2) is 22.7 Å². The van der Waals surface area contributed by atoms with Gasteiger partial charge in [-0.1, -0.05) is 39.8 Å². The fraction of sp³-hybridized carbons (Fsp3) is 0.588. The number of halogens is 1. The van der Waals surface area contributed by atoms with Gasteiger partial charge in [-0.05, 0) is 53.2 Å². The van der Waals surface area contributed by atoms with E-state index >= 15 is 0 Å². The molecule has 0 aliphatic heterocycles. The Labute approximate surface area is 131 Å². The van der Waals surface area contributed by atoms with E-state index in [1.807, 2.05) is 30.0 Å².